The Hall–Kier alpha value is -0.410. The first kappa shape index (κ1) is 10.6. The Morgan fingerprint density at radius 2 is 2.09 bits per heavy atom. The smallest absolute Gasteiger partial charge is 0.146 e. The van der Waals surface area contributed by atoms with Crippen LogP contribution in [0.15, 0.2) is 0 Å². The Bertz CT molecular complexity index is 125. The van der Waals surface area contributed by atoms with Gasteiger partial charge in [0.05, 0.1) is 12.1 Å². The minimum atomic E-state index is -0.320. The molecule has 1 saturated heterocycles. The number of rotatable bonds is 1. The molecule has 0 spiro atoms. The third-order valence-electron chi connectivity index (χ3n) is 1.60. The van der Waals surface area contributed by atoms with Gasteiger partial charge in [-0.25, -0.2) is 0 Å². The standard InChI is InChI=1S/C6H11NO2.C2H6/c1-4(8)6-2-5(9)3-7-6;1-2/h5-7,9H,2-3H2,1H3;1-2H3. The topological polar surface area (TPSA) is 49.3 Å². The summed E-state index contributed by atoms with van der Waals surface area (Å²) in [6.45, 7) is 6.10. The van der Waals surface area contributed by atoms with E-state index in [1.54, 1.807) is 0 Å². The van der Waals surface area contributed by atoms with Gasteiger partial charge in [0, 0.05) is 6.54 Å². The lowest BCUT2D eigenvalue weighted by molar-refractivity contribution is -0.118. The molecule has 1 heterocycles. The van der Waals surface area contributed by atoms with Gasteiger partial charge in [0.2, 0.25) is 0 Å². The third kappa shape index (κ3) is 3.49. The van der Waals surface area contributed by atoms with Gasteiger partial charge in [-0.2, -0.15) is 0 Å². The van der Waals surface area contributed by atoms with Gasteiger partial charge < -0.3 is 10.4 Å². The summed E-state index contributed by atoms with van der Waals surface area (Å²) in [7, 11) is 0. The van der Waals surface area contributed by atoms with Crippen LogP contribution in [0.3, 0.4) is 0 Å². The highest BCUT2D eigenvalue weighted by atomic mass is 16.3. The molecule has 0 amide bonds. The number of hydrogen-bond donors (Lipinski definition) is 2. The van der Waals surface area contributed by atoms with Crippen molar-refractivity contribution in [2.45, 2.75) is 39.3 Å². The van der Waals surface area contributed by atoms with Crippen LogP contribution < -0.4 is 5.32 Å². The van der Waals surface area contributed by atoms with Crippen molar-refractivity contribution in [2.75, 3.05) is 6.54 Å². The first-order chi connectivity index (χ1) is 5.20. The predicted octanol–water partition coefficient (Wildman–Crippen LogP) is 0.324. The molecule has 2 N–H and O–H groups in total. The summed E-state index contributed by atoms with van der Waals surface area (Å²) in [6.07, 6.45) is 0.258. The lowest BCUT2D eigenvalue weighted by Gasteiger charge is -2.01. The molecule has 0 radical (unpaired) electrons. The minimum absolute atomic E-state index is 0.0972. The van der Waals surface area contributed by atoms with Crippen LogP contribution in [-0.4, -0.2) is 29.6 Å². The van der Waals surface area contributed by atoms with Crippen molar-refractivity contribution in [3.8, 4) is 0 Å². The maximum atomic E-state index is 10.6. The van der Waals surface area contributed by atoms with Crippen LogP contribution in [0, 0.1) is 0 Å². The Kier molecular flexibility index (Phi) is 5.07. The lowest BCUT2D eigenvalue weighted by atomic mass is 10.1. The van der Waals surface area contributed by atoms with E-state index in [0.29, 0.717) is 13.0 Å². The fourth-order valence-electron chi connectivity index (χ4n) is 1.03. The predicted molar refractivity (Wildman–Crippen MR) is 44.4 cm³/mol. The van der Waals surface area contributed by atoms with Crippen LogP contribution in [0.25, 0.3) is 0 Å². The molecule has 1 aliphatic rings. The Morgan fingerprint density at radius 3 is 2.27 bits per heavy atom. The lowest BCUT2D eigenvalue weighted by Crippen LogP contribution is -2.28. The molecule has 2 atom stereocenters. The second-order valence-corrected chi connectivity index (χ2v) is 2.46. The summed E-state index contributed by atoms with van der Waals surface area (Å²) in [5, 5.41) is 11.8. The number of nitrogens with one attached hydrogen (secondary N) is 1. The molecular weight excluding hydrogens is 142 g/mol. The zero-order chi connectivity index (χ0) is 8.85. The molecule has 0 bridgehead atoms. The van der Waals surface area contributed by atoms with Crippen molar-refractivity contribution >= 4 is 5.78 Å². The zero-order valence-electron chi connectivity index (χ0n) is 7.42. The van der Waals surface area contributed by atoms with Gasteiger partial charge in [-0.15, -0.1) is 0 Å². The average molecular weight is 159 g/mol. The van der Waals surface area contributed by atoms with Crippen molar-refractivity contribution in [3.63, 3.8) is 0 Å². The average Bonchev–Trinajstić information content (AvgIpc) is 2.40. The number of carbonyl (C=O) groups is 1. The largest absolute Gasteiger partial charge is 0.392 e. The van der Waals surface area contributed by atoms with E-state index in [0.717, 1.165) is 0 Å². The molecule has 3 heteroatoms. The van der Waals surface area contributed by atoms with E-state index in [1.807, 2.05) is 13.8 Å². The number of carbonyl (C=O) groups excluding carboxylic acids is 1. The Balaban J connectivity index is 0.000000461. The van der Waals surface area contributed by atoms with E-state index in [-0.39, 0.29) is 17.9 Å². The van der Waals surface area contributed by atoms with Crippen molar-refractivity contribution in [1.29, 1.82) is 0 Å². The van der Waals surface area contributed by atoms with Gasteiger partial charge in [-0.1, -0.05) is 13.8 Å². The molecule has 1 rings (SSSR count). The number of ketones is 1. The van der Waals surface area contributed by atoms with Crippen molar-refractivity contribution in [2.24, 2.45) is 0 Å². The summed E-state index contributed by atoms with van der Waals surface area (Å²) in [6, 6.07) is -0.0972. The number of β-amino-alcohol motifs (C(OH)–C–C–N with tert-alkyl or cyclic N) is 1. The molecule has 0 aromatic heterocycles. The Morgan fingerprint density at radius 1 is 1.55 bits per heavy atom. The third-order valence-corrected chi connectivity index (χ3v) is 1.60. The highest BCUT2D eigenvalue weighted by molar-refractivity contribution is 5.81. The molecular formula is C8H17NO2. The summed E-state index contributed by atoms with van der Waals surface area (Å²) >= 11 is 0. The molecule has 0 aromatic rings. The van der Waals surface area contributed by atoms with E-state index in [1.165, 1.54) is 6.92 Å². The molecule has 2 unspecified atom stereocenters. The summed E-state index contributed by atoms with van der Waals surface area (Å²) in [5.74, 6) is 0.117. The number of hydrogen-bond acceptors (Lipinski definition) is 3. The molecule has 1 aliphatic heterocycles. The van der Waals surface area contributed by atoms with E-state index in [4.69, 9.17) is 5.11 Å². The van der Waals surface area contributed by atoms with Crippen LogP contribution in [0.4, 0.5) is 0 Å². The summed E-state index contributed by atoms with van der Waals surface area (Å²) in [5.41, 5.74) is 0. The zero-order valence-corrected chi connectivity index (χ0v) is 7.42. The Labute approximate surface area is 67.8 Å². The summed E-state index contributed by atoms with van der Waals surface area (Å²) in [4.78, 5) is 10.6. The fraction of sp³-hybridized carbons (Fsp3) is 0.875. The highest BCUT2D eigenvalue weighted by Crippen LogP contribution is 2.05. The monoisotopic (exact) mass is 159 g/mol. The summed E-state index contributed by atoms with van der Waals surface area (Å²) < 4.78 is 0. The number of aliphatic hydroxyl groups is 1. The minimum Gasteiger partial charge on any atom is -0.392 e. The highest BCUT2D eigenvalue weighted by Gasteiger charge is 2.24. The van der Waals surface area contributed by atoms with E-state index in [9.17, 15) is 4.79 Å². The van der Waals surface area contributed by atoms with Crippen molar-refractivity contribution in [1.82, 2.24) is 5.32 Å². The van der Waals surface area contributed by atoms with Gasteiger partial charge in [0.1, 0.15) is 5.78 Å². The molecule has 1 fully saturated rings. The van der Waals surface area contributed by atoms with Gasteiger partial charge in [0.15, 0.2) is 0 Å². The molecule has 0 saturated carbocycles. The SMILES string of the molecule is CC.CC(=O)C1CC(O)CN1. The molecule has 0 aliphatic carbocycles. The fourth-order valence-corrected chi connectivity index (χ4v) is 1.03. The normalized spacial score (nSPS) is 29.1. The van der Waals surface area contributed by atoms with Gasteiger partial charge in [-0.3, -0.25) is 4.79 Å². The number of aliphatic hydroxyl groups excluding tert-OH is 1. The maximum absolute atomic E-state index is 10.6. The van der Waals surface area contributed by atoms with Crippen LogP contribution >= 0.6 is 0 Å². The van der Waals surface area contributed by atoms with Crippen LogP contribution in [0.1, 0.15) is 27.2 Å². The van der Waals surface area contributed by atoms with Crippen LogP contribution in [0.2, 0.25) is 0 Å². The quantitative estimate of drug-likeness (QED) is 0.579. The number of Topliss-reactive ketones (excluding diaryl/α,β-unsaturated/α-hetero) is 1. The van der Waals surface area contributed by atoms with Crippen molar-refractivity contribution < 1.29 is 9.90 Å². The van der Waals surface area contributed by atoms with Crippen LogP contribution in [-0.2, 0) is 4.79 Å². The second-order valence-electron chi connectivity index (χ2n) is 2.46. The van der Waals surface area contributed by atoms with Crippen LogP contribution in [0.5, 0.6) is 0 Å². The van der Waals surface area contributed by atoms with Gasteiger partial charge in [-0.05, 0) is 13.3 Å². The van der Waals surface area contributed by atoms with Gasteiger partial charge in [0.25, 0.3) is 0 Å². The van der Waals surface area contributed by atoms with E-state index < -0.39 is 0 Å². The molecule has 3 nitrogen and oxygen atoms in total. The van der Waals surface area contributed by atoms with E-state index in [2.05, 4.69) is 5.32 Å². The van der Waals surface area contributed by atoms with E-state index >= 15 is 0 Å². The molecule has 66 valence electrons. The first-order valence-corrected chi connectivity index (χ1v) is 4.12. The van der Waals surface area contributed by atoms with Gasteiger partial charge >= 0.3 is 0 Å². The first-order valence-electron chi connectivity index (χ1n) is 4.12. The molecule has 0 aromatic carbocycles. The maximum Gasteiger partial charge on any atom is 0.146 e. The molecule has 11 heavy (non-hydrogen) atoms. The van der Waals surface area contributed by atoms with Crippen molar-refractivity contribution in [3.05, 3.63) is 0 Å². The second kappa shape index (κ2) is 5.27.